The van der Waals surface area contributed by atoms with E-state index < -0.39 is 15.9 Å². The standard InChI is InChI=1S/C28H33ClN2O3S/c1-19-7-15-25(16-8-19)35(33,34)31(26-17-24(29)14-9-20(26)2)18-27(32)30-21(3)22-10-12-23(13-11-22)28(4,5)6/h7-17,21H,18H2,1-6H3,(H,30,32). The number of carbonyl (C=O) groups excluding carboxylic acids is 1. The SMILES string of the molecule is Cc1ccc(S(=O)(=O)N(CC(=O)NC(C)c2ccc(C(C)(C)C)cc2)c2cc(Cl)ccc2C)cc1. The first-order chi connectivity index (χ1) is 16.3. The normalized spacial score (nSPS) is 12.8. The van der Waals surface area contributed by atoms with Gasteiger partial charge in [0.1, 0.15) is 6.54 Å². The van der Waals surface area contributed by atoms with Gasteiger partial charge in [-0.15, -0.1) is 0 Å². The number of hydrogen-bond acceptors (Lipinski definition) is 3. The molecule has 35 heavy (non-hydrogen) atoms. The molecule has 1 atom stereocenters. The van der Waals surface area contributed by atoms with Crippen molar-refractivity contribution < 1.29 is 13.2 Å². The average molecular weight is 513 g/mol. The lowest BCUT2D eigenvalue weighted by atomic mass is 9.86. The highest BCUT2D eigenvalue weighted by atomic mass is 35.5. The topological polar surface area (TPSA) is 66.5 Å². The van der Waals surface area contributed by atoms with Gasteiger partial charge in [-0.1, -0.05) is 80.4 Å². The summed E-state index contributed by atoms with van der Waals surface area (Å²) in [5, 5.41) is 3.33. The molecule has 0 spiro atoms. The van der Waals surface area contributed by atoms with Gasteiger partial charge < -0.3 is 5.32 Å². The second kappa shape index (κ2) is 10.4. The van der Waals surface area contributed by atoms with Crippen molar-refractivity contribution in [1.82, 2.24) is 5.32 Å². The van der Waals surface area contributed by atoms with Crippen LogP contribution in [0.5, 0.6) is 0 Å². The molecule has 0 aromatic heterocycles. The van der Waals surface area contributed by atoms with Gasteiger partial charge in [-0.3, -0.25) is 9.10 Å². The average Bonchev–Trinajstić information content (AvgIpc) is 2.79. The Morgan fingerprint density at radius 2 is 1.57 bits per heavy atom. The van der Waals surface area contributed by atoms with Gasteiger partial charge in [-0.25, -0.2) is 8.42 Å². The summed E-state index contributed by atoms with van der Waals surface area (Å²) in [7, 11) is -4.01. The molecule has 0 saturated carbocycles. The molecule has 1 unspecified atom stereocenters. The van der Waals surface area contributed by atoms with Crippen LogP contribution < -0.4 is 9.62 Å². The lowest BCUT2D eigenvalue weighted by Crippen LogP contribution is -2.42. The van der Waals surface area contributed by atoms with E-state index in [4.69, 9.17) is 11.6 Å². The smallest absolute Gasteiger partial charge is 0.264 e. The van der Waals surface area contributed by atoms with Gasteiger partial charge in [0.15, 0.2) is 0 Å². The first-order valence-corrected chi connectivity index (χ1v) is 13.4. The number of carbonyl (C=O) groups is 1. The largest absolute Gasteiger partial charge is 0.348 e. The molecule has 0 aliphatic carbocycles. The molecule has 3 rings (SSSR count). The van der Waals surface area contributed by atoms with Gasteiger partial charge >= 0.3 is 0 Å². The third-order valence-electron chi connectivity index (χ3n) is 5.99. The van der Waals surface area contributed by atoms with E-state index in [2.05, 4.69) is 38.2 Å². The molecule has 0 aliphatic rings. The molecule has 0 fully saturated rings. The number of aryl methyl sites for hydroxylation is 2. The Hall–Kier alpha value is -2.83. The van der Waals surface area contributed by atoms with Crippen LogP contribution in [0.1, 0.15) is 56.0 Å². The molecule has 5 nitrogen and oxygen atoms in total. The van der Waals surface area contributed by atoms with Crippen molar-refractivity contribution in [3.05, 3.63) is 94.0 Å². The number of sulfonamides is 1. The number of hydrogen-bond donors (Lipinski definition) is 1. The number of benzene rings is 3. The van der Waals surface area contributed by atoms with Crippen LogP contribution >= 0.6 is 11.6 Å². The second-order valence-electron chi connectivity index (χ2n) is 9.92. The van der Waals surface area contributed by atoms with Crippen molar-refractivity contribution in [2.75, 3.05) is 10.8 Å². The summed E-state index contributed by atoms with van der Waals surface area (Å²) >= 11 is 6.20. The van der Waals surface area contributed by atoms with E-state index in [1.807, 2.05) is 26.0 Å². The molecule has 1 amide bonds. The van der Waals surface area contributed by atoms with E-state index in [1.165, 1.54) is 5.56 Å². The zero-order chi connectivity index (χ0) is 26.0. The highest BCUT2D eigenvalue weighted by molar-refractivity contribution is 7.92. The van der Waals surface area contributed by atoms with Crippen LogP contribution in [0.4, 0.5) is 5.69 Å². The molecule has 0 heterocycles. The lowest BCUT2D eigenvalue weighted by molar-refractivity contribution is -0.120. The molecule has 0 radical (unpaired) electrons. The van der Waals surface area contributed by atoms with Crippen LogP contribution in [0.3, 0.4) is 0 Å². The number of rotatable bonds is 7. The van der Waals surface area contributed by atoms with Crippen molar-refractivity contribution in [2.24, 2.45) is 0 Å². The molecule has 186 valence electrons. The fourth-order valence-electron chi connectivity index (χ4n) is 3.76. The first kappa shape index (κ1) is 26.8. The molecule has 3 aromatic rings. The van der Waals surface area contributed by atoms with Crippen LogP contribution in [0.2, 0.25) is 5.02 Å². The molecule has 0 saturated heterocycles. The van der Waals surface area contributed by atoms with Gasteiger partial charge in [0, 0.05) is 5.02 Å². The van der Waals surface area contributed by atoms with Gasteiger partial charge in [0.05, 0.1) is 16.6 Å². The molecule has 7 heteroatoms. The summed E-state index contributed by atoms with van der Waals surface area (Å²) in [6.45, 7) is 11.6. The maximum atomic E-state index is 13.6. The lowest BCUT2D eigenvalue weighted by Gasteiger charge is -2.27. The van der Waals surface area contributed by atoms with Gasteiger partial charge in [-0.2, -0.15) is 0 Å². The minimum absolute atomic E-state index is 0.0324. The zero-order valence-corrected chi connectivity index (χ0v) is 22.7. The fraction of sp³-hybridized carbons (Fsp3) is 0.321. The Balaban J connectivity index is 1.89. The van der Waals surface area contributed by atoms with Gasteiger partial charge in [0.25, 0.3) is 10.0 Å². The summed E-state index contributed by atoms with van der Waals surface area (Å²) in [4.78, 5) is 13.2. The minimum Gasteiger partial charge on any atom is -0.348 e. The van der Waals surface area contributed by atoms with E-state index in [-0.39, 0.29) is 22.9 Å². The minimum atomic E-state index is -4.01. The van der Waals surface area contributed by atoms with E-state index >= 15 is 0 Å². The van der Waals surface area contributed by atoms with E-state index in [0.717, 1.165) is 15.4 Å². The number of halogens is 1. The van der Waals surface area contributed by atoms with Crippen LogP contribution in [0.15, 0.2) is 71.6 Å². The van der Waals surface area contributed by atoms with Crippen molar-refractivity contribution in [3.63, 3.8) is 0 Å². The second-order valence-corrected chi connectivity index (χ2v) is 12.2. The quantitative estimate of drug-likeness (QED) is 0.402. The molecular weight excluding hydrogens is 480 g/mol. The van der Waals surface area contributed by atoms with E-state index in [9.17, 15) is 13.2 Å². The van der Waals surface area contributed by atoms with Crippen LogP contribution in [-0.4, -0.2) is 20.9 Å². The maximum Gasteiger partial charge on any atom is 0.264 e. The molecule has 3 aromatic carbocycles. The third-order valence-corrected chi connectivity index (χ3v) is 8.00. The van der Waals surface area contributed by atoms with Gasteiger partial charge in [0.2, 0.25) is 5.91 Å². The summed E-state index contributed by atoms with van der Waals surface area (Å²) in [6.07, 6.45) is 0. The summed E-state index contributed by atoms with van der Waals surface area (Å²) < 4.78 is 28.4. The summed E-state index contributed by atoms with van der Waals surface area (Å²) in [6, 6.07) is 19.4. The predicted octanol–water partition coefficient (Wildman–Crippen LogP) is 6.33. The third kappa shape index (κ3) is 6.44. The zero-order valence-electron chi connectivity index (χ0n) is 21.1. The number of nitrogens with zero attached hydrogens (tertiary/aromatic N) is 1. The van der Waals surface area contributed by atoms with E-state index in [0.29, 0.717) is 16.3 Å². The highest BCUT2D eigenvalue weighted by Crippen LogP contribution is 2.30. The number of nitrogens with one attached hydrogen (secondary N) is 1. The van der Waals surface area contributed by atoms with Crippen molar-refractivity contribution in [3.8, 4) is 0 Å². The van der Waals surface area contributed by atoms with Crippen molar-refractivity contribution in [2.45, 2.75) is 57.9 Å². The predicted molar refractivity (Wildman–Crippen MR) is 144 cm³/mol. The molecular formula is C28H33ClN2O3S. The summed E-state index contributed by atoms with van der Waals surface area (Å²) in [5.74, 6) is -0.410. The first-order valence-electron chi connectivity index (χ1n) is 11.5. The van der Waals surface area contributed by atoms with Crippen LogP contribution in [0, 0.1) is 13.8 Å². The van der Waals surface area contributed by atoms with Crippen LogP contribution in [0.25, 0.3) is 0 Å². The Bertz CT molecular complexity index is 1300. The molecule has 0 aliphatic heterocycles. The Morgan fingerprint density at radius 1 is 0.971 bits per heavy atom. The maximum absolute atomic E-state index is 13.6. The summed E-state index contributed by atoms with van der Waals surface area (Å²) in [5.41, 5.74) is 4.19. The fourth-order valence-corrected chi connectivity index (χ4v) is 5.40. The Kier molecular flexibility index (Phi) is 7.97. The van der Waals surface area contributed by atoms with Crippen LogP contribution in [-0.2, 0) is 20.2 Å². The van der Waals surface area contributed by atoms with Gasteiger partial charge in [-0.05, 0) is 67.1 Å². The van der Waals surface area contributed by atoms with Crippen molar-refractivity contribution in [1.29, 1.82) is 0 Å². The van der Waals surface area contributed by atoms with Crippen molar-refractivity contribution >= 4 is 33.2 Å². The Labute approximate surface area is 214 Å². The Morgan fingerprint density at radius 3 is 2.14 bits per heavy atom. The molecule has 0 bridgehead atoms. The molecule has 1 N–H and O–H groups in total. The van der Waals surface area contributed by atoms with E-state index in [1.54, 1.807) is 49.4 Å². The highest BCUT2D eigenvalue weighted by Gasteiger charge is 2.29. The number of anilines is 1. The number of amides is 1. The monoisotopic (exact) mass is 512 g/mol.